The number of amides is 2. The van der Waals surface area contributed by atoms with E-state index in [0.29, 0.717) is 18.7 Å². The van der Waals surface area contributed by atoms with Crippen molar-refractivity contribution in [1.82, 2.24) is 10.2 Å². The Kier molecular flexibility index (Phi) is 8.92. The van der Waals surface area contributed by atoms with Crippen molar-refractivity contribution in [2.24, 2.45) is 0 Å². The monoisotopic (exact) mass is 486 g/mol. The van der Waals surface area contributed by atoms with Gasteiger partial charge in [0.2, 0.25) is 11.8 Å². The summed E-state index contributed by atoms with van der Waals surface area (Å²) in [7, 11) is 1.62. The number of rotatable bonds is 9. The largest absolute Gasteiger partial charge is 0.497 e. The van der Waals surface area contributed by atoms with E-state index in [1.54, 1.807) is 12.0 Å². The predicted molar refractivity (Wildman–Crippen MR) is 145 cm³/mol. The van der Waals surface area contributed by atoms with Gasteiger partial charge in [-0.05, 0) is 63.4 Å². The molecule has 1 atom stereocenters. The van der Waals surface area contributed by atoms with Gasteiger partial charge >= 0.3 is 0 Å². The van der Waals surface area contributed by atoms with Crippen molar-refractivity contribution in [1.29, 1.82) is 0 Å². The summed E-state index contributed by atoms with van der Waals surface area (Å²) >= 11 is 0. The second-order valence-electron chi connectivity index (χ2n) is 10.5. The molecular weight excluding hydrogens is 448 g/mol. The van der Waals surface area contributed by atoms with Crippen molar-refractivity contribution < 1.29 is 14.3 Å². The molecule has 0 spiro atoms. The van der Waals surface area contributed by atoms with Crippen LogP contribution in [0, 0.1) is 13.8 Å². The molecule has 0 radical (unpaired) electrons. The van der Waals surface area contributed by atoms with Gasteiger partial charge in [0.25, 0.3) is 0 Å². The fraction of sp³-hybridized carbons (Fsp3) is 0.355. The topological polar surface area (TPSA) is 58.6 Å². The van der Waals surface area contributed by atoms with Crippen molar-refractivity contribution in [3.63, 3.8) is 0 Å². The molecule has 0 aliphatic rings. The molecule has 0 bridgehead atoms. The third-order valence-electron chi connectivity index (χ3n) is 5.89. The fourth-order valence-electron chi connectivity index (χ4n) is 4.42. The number of nitrogens with zero attached hydrogens (tertiary/aromatic N) is 1. The van der Waals surface area contributed by atoms with Gasteiger partial charge in [0.15, 0.2) is 0 Å². The third kappa shape index (κ3) is 7.98. The first-order valence-corrected chi connectivity index (χ1v) is 12.4. The maximum atomic E-state index is 13.9. The average molecular weight is 487 g/mol. The van der Waals surface area contributed by atoms with E-state index >= 15 is 0 Å². The fourth-order valence-corrected chi connectivity index (χ4v) is 4.42. The van der Waals surface area contributed by atoms with E-state index in [1.165, 1.54) is 0 Å². The summed E-state index contributed by atoms with van der Waals surface area (Å²) in [5, 5.41) is 3.11. The van der Waals surface area contributed by atoms with Crippen LogP contribution in [-0.2, 0) is 29.0 Å². The summed E-state index contributed by atoms with van der Waals surface area (Å²) in [5.74, 6) is 0.462. The van der Waals surface area contributed by atoms with Gasteiger partial charge in [0, 0.05) is 18.5 Å². The van der Waals surface area contributed by atoms with E-state index in [-0.39, 0.29) is 18.2 Å². The first-order chi connectivity index (χ1) is 17.0. The van der Waals surface area contributed by atoms with Crippen LogP contribution in [0.2, 0.25) is 0 Å². The number of methoxy groups -OCH3 is 1. The minimum atomic E-state index is -0.670. The molecule has 3 aromatic rings. The van der Waals surface area contributed by atoms with Crippen LogP contribution in [0.4, 0.5) is 0 Å². The number of aryl methyl sites for hydroxylation is 2. The molecule has 1 unspecified atom stereocenters. The van der Waals surface area contributed by atoms with Crippen LogP contribution in [0.15, 0.2) is 72.8 Å². The summed E-state index contributed by atoms with van der Waals surface area (Å²) in [5.41, 5.74) is 4.66. The number of ether oxygens (including phenoxy) is 1. The van der Waals surface area contributed by atoms with Gasteiger partial charge in [0.1, 0.15) is 11.8 Å². The summed E-state index contributed by atoms with van der Waals surface area (Å²) in [6.07, 6.45) is 0.645. The molecule has 0 saturated heterocycles. The zero-order valence-electron chi connectivity index (χ0n) is 22.3. The van der Waals surface area contributed by atoms with Gasteiger partial charge in [-0.1, -0.05) is 71.8 Å². The lowest BCUT2D eigenvalue weighted by atomic mass is 9.99. The Labute approximate surface area is 215 Å². The first-order valence-electron chi connectivity index (χ1n) is 12.4. The number of hydrogen-bond acceptors (Lipinski definition) is 3. The minimum absolute atomic E-state index is 0.0900. The highest BCUT2D eigenvalue weighted by Gasteiger charge is 2.32. The van der Waals surface area contributed by atoms with Crippen molar-refractivity contribution in [3.05, 3.63) is 101 Å². The second-order valence-corrected chi connectivity index (χ2v) is 10.5. The van der Waals surface area contributed by atoms with Crippen LogP contribution >= 0.6 is 0 Å². The molecule has 0 heterocycles. The zero-order valence-corrected chi connectivity index (χ0v) is 22.3. The van der Waals surface area contributed by atoms with Gasteiger partial charge in [-0.15, -0.1) is 0 Å². The van der Waals surface area contributed by atoms with Crippen molar-refractivity contribution in [2.75, 3.05) is 7.11 Å². The van der Waals surface area contributed by atoms with Crippen LogP contribution in [0.25, 0.3) is 0 Å². The van der Waals surface area contributed by atoms with E-state index in [0.717, 1.165) is 27.8 Å². The maximum Gasteiger partial charge on any atom is 0.243 e. The zero-order chi connectivity index (χ0) is 26.3. The maximum absolute atomic E-state index is 13.9. The molecule has 5 heteroatoms. The molecule has 0 aliphatic carbocycles. The van der Waals surface area contributed by atoms with Crippen LogP contribution < -0.4 is 10.1 Å². The van der Waals surface area contributed by atoms with Gasteiger partial charge in [0.05, 0.1) is 13.5 Å². The molecule has 0 aliphatic heterocycles. The lowest BCUT2D eigenvalue weighted by Gasteiger charge is -2.34. The van der Waals surface area contributed by atoms with E-state index < -0.39 is 11.6 Å². The molecular formula is C31H38N2O3. The van der Waals surface area contributed by atoms with Gasteiger partial charge in [-0.25, -0.2) is 0 Å². The molecule has 5 nitrogen and oxygen atoms in total. The summed E-state index contributed by atoms with van der Waals surface area (Å²) < 4.78 is 5.41. The predicted octanol–water partition coefficient (Wildman–Crippen LogP) is 5.41. The molecule has 0 saturated carbocycles. The van der Waals surface area contributed by atoms with Crippen molar-refractivity contribution in [3.8, 4) is 5.75 Å². The van der Waals surface area contributed by atoms with E-state index in [9.17, 15) is 9.59 Å². The molecule has 190 valence electrons. The molecule has 36 heavy (non-hydrogen) atoms. The summed E-state index contributed by atoms with van der Waals surface area (Å²) in [4.78, 5) is 29.3. The molecule has 3 rings (SSSR count). The highest BCUT2D eigenvalue weighted by molar-refractivity contribution is 5.89. The second kappa shape index (κ2) is 11.9. The number of hydrogen-bond donors (Lipinski definition) is 1. The van der Waals surface area contributed by atoms with Gasteiger partial charge < -0.3 is 15.0 Å². The number of nitrogens with one attached hydrogen (secondary N) is 1. The molecule has 2 amide bonds. The van der Waals surface area contributed by atoms with E-state index in [1.807, 2.05) is 101 Å². The van der Waals surface area contributed by atoms with Crippen LogP contribution in [0.5, 0.6) is 5.75 Å². The molecule has 0 aromatic heterocycles. The normalized spacial score (nSPS) is 12.1. The Morgan fingerprint density at radius 1 is 0.861 bits per heavy atom. The van der Waals surface area contributed by atoms with Crippen LogP contribution in [0.3, 0.4) is 0 Å². The lowest BCUT2D eigenvalue weighted by molar-refractivity contribution is -0.141. The van der Waals surface area contributed by atoms with Crippen LogP contribution in [-0.4, -0.2) is 35.4 Å². The third-order valence-corrected chi connectivity index (χ3v) is 5.89. The highest BCUT2D eigenvalue weighted by atomic mass is 16.5. The average Bonchev–Trinajstić information content (AvgIpc) is 2.80. The summed E-state index contributed by atoms with van der Waals surface area (Å²) in [6, 6.07) is 23.0. The van der Waals surface area contributed by atoms with Crippen molar-refractivity contribution >= 4 is 11.8 Å². The standard InChI is InChI=1S/C31H38N2O3/c1-22-15-23(2)17-26(16-22)20-29(34)33(21-25-13-10-14-27(18-25)36-6)28(30(35)32-31(3,4)5)19-24-11-8-7-9-12-24/h7-18,28H,19-21H2,1-6H3,(H,32,35). The smallest absolute Gasteiger partial charge is 0.243 e. The minimum Gasteiger partial charge on any atom is -0.497 e. The Hall–Kier alpha value is -3.60. The Morgan fingerprint density at radius 3 is 2.11 bits per heavy atom. The van der Waals surface area contributed by atoms with E-state index in [2.05, 4.69) is 11.4 Å². The van der Waals surface area contributed by atoms with E-state index in [4.69, 9.17) is 4.74 Å². The SMILES string of the molecule is COc1cccc(CN(C(=O)Cc2cc(C)cc(C)c2)C(Cc2ccccc2)C(=O)NC(C)(C)C)c1. The molecule has 1 N–H and O–H groups in total. The van der Waals surface area contributed by atoms with Gasteiger partial charge in [-0.3, -0.25) is 9.59 Å². The Morgan fingerprint density at radius 2 is 1.50 bits per heavy atom. The summed E-state index contributed by atoms with van der Waals surface area (Å²) in [6.45, 7) is 10.2. The lowest BCUT2D eigenvalue weighted by Crippen LogP contribution is -2.54. The Bertz CT molecular complexity index is 1160. The molecule has 0 fully saturated rings. The van der Waals surface area contributed by atoms with Crippen molar-refractivity contribution in [2.45, 2.75) is 65.6 Å². The number of carbonyl (C=O) groups excluding carboxylic acids is 2. The number of carbonyl (C=O) groups is 2. The van der Waals surface area contributed by atoms with Gasteiger partial charge in [-0.2, -0.15) is 0 Å². The first kappa shape index (κ1) is 27.0. The Balaban J connectivity index is 2.02. The van der Waals surface area contributed by atoms with Crippen LogP contribution in [0.1, 0.15) is 48.6 Å². The highest BCUT2D eigenvalue weighted by Crippen LogP contribution is 2.20. The number of benzene rings is 3. The molecule has 3 aromatic carbocycles. The quantitative estimate of drug-likeness (QED) is 0.440.